The van der Waals surface area contributed by atoms with Gasteiger partial charge in [0.1, 0.15) is 23.0 Å². The molecule has 0 atom stereocenters. The fraction of sp³-hybridized carbons (Fsp3) is 0.636. The van der Waals surface area contributed by atoms with Crippen molar-refractivity contribution in [2.75, 3.05) is 13.1 Å². The maximum absolute atomic E-state index is 5.72. The lowest BCUT2D eigenvalue weighted by molar-refractivity contribution is 0.151. The number of nitrogens with zero attached hydrogens (tertiary/aromatic N) is 1. The monoisotopic (exact) mass is 343 g/mol. The fourth-order valence-electron chi connectivity index (χ4n) is 4.07. The van der Waals surface area contributed by atoms with Crippen LogP contribution in [0.25, 0.3) is 0 Å². The Labute approximate surface area is 152 Å². The second-order valence-corrected chi connectivity index (χ2v) is 7.56. The van der Waals surface area contributed by atoms with Crippen molar-refractivity contribution in [3.05, 3.63) is 47.3 Å². The van der Waals surface area contributed by atoms with Gasteiger partial charge in [-0.25, -0.2) is 0 Å². The van der Waals surface area contributed by atoms with Crippen molar-refractivity contribution in [2.45, 2.75) is 77.7 Å². The average Bonchev–Trinajstić information content (AvgIpc) is 3.22. The van der Waals surface area contributed by atoms with Gasteiger partial charge in [0.2, 0.25) is 0 Å². The average molecular weight is 344 g/mol. The largest absolute Gasteiger partial charge is 0.466 e. The van der Waals surface area contributed by atoms with Gasteiger partial charge in [0.15, 0.2) is 0 Å². The van der Waals surface area contributed by atoms with E-state index in [1.165, 1.54) is 58.0 Å². The van der Waals surface area contributed by atoms with Crippen molar-refractivity contribution in [3.8, 4) is 0 Å². The molecule has 1 aliphatic carbocycles. The summed E-state index contributed by atoms with van der Waals surface area (Å²) >= 11 is 0. The molecule has 2 heterocycles. The second kappa shape index (κ2) is 9.28. The van der Waals surface area contributed by atoms with Crippen molar-refractivity contribution in [3.63, 3.8) is 0 Å². The molecule has 0 N–H and O–H groups in total. The van der Waals surface area contributed by atoms with Gasteiger partial charge in [-0.15, -0.1) is 0 Å². The predicted octanol–water partition coefficient (Wildman–Crippen LogP) is 5.69. The number of rotatable bonds is 9. The first kappa shape index (κ1) is 18.3. The third-order valence-electron chi connectivity index (χ3n) is 5.42. The van der Waals surface area contributed by atoms with Crippen LogP contribution < -0.4 is 0 Å². The van der Waals surface area contributed by atoms with Gasteiger partial charge in [-0.1, -0.05) is 19.3 Å². The summed E-state index contributed by atoms with van der Waals surface area (Å²) < 4.78 is 11.4. The SMILES string of the molecule is Cc1ccc(CCCN(CCCc2ccc(C)o2)C2CCCCC2)o1. The van der Waals surface area contributed by atoms with Crippen LogP contribution in [0.3, 0.4) is 0 Å². The second-order valence-electron chi connectivity index (χ2n) is 7.56. The molecule has 25 heavy (non-hydrogen) atoms. The highest BCUT2D eigenvalue weighted by Crippen LogP contribution is 2.23. The zero-order valence-electron chi connectivity index (χ0n) is 15.9. The lowest BCUT2D eigenvalue weighted by atomic mass is 9.93. The van der Waals surface area contributed by atoms with Gasteiger partial charge in [-0.3, -0.25) is 0 Å². The van der Waals surface area contributed by atoms with Gasteiger partial charge >= 0.3 is 0 Å². The molecule has 0 radical (unpaired) electrons. The molecule has 0 aromatic carbocycles. The first-order chi connectivity index (χ1) is 12.2. The third-order valence-corrected chi connectivity index (χ3v) is 5.42. The van der Waals surface area contributed by atoms with E-state index in [2.05, 4.69) is 29.2 Å². The highest BCUT2D eigenvalue weighted by Gasteiger charge is 2.20. The highest BCUT2D eigenvalue weighted by molar-refractivity contribution is 5.06. The van der Waals surface area contributed by atoms with E-state index in [0.717, 1.165) is 41.9 Å². The molecule has 1 aliphatic rings. The molecular weight excluding hydrogens is 310 g/mol. The van der Waals surface area contributed by atoms with Crippen LogP contribution in [-0.4, -0.2) is 24.0 Å². The minimum atomic E-state index is 0.783. The molecule has 0 bridgehead atoms. The predicted molar refractivity (Wildman–Crippen MR) is 102 cm³/mol. The van der Waals surface area contributed by atoms with Crippen molar-refractivity contribution in [1.29, 1.82) is 0 Å². The third kappa shape index (κ3) is 5.78. The van der Waals surface area contributed by atoms with E-state index in [0.29, 0.717) is 0 Å². The lowest BCUT2D eigenvalue weighted by Gasteiger charge is -2.34. The maximum atomic E-state index is 5.72. The van der Waals surface area contributed by atoms with Crippen molar-refractivity contribution in [1.82, 2.24) is 4.90 Å². The van der Waals surface area contributed by atoms with E-state index in [1.54, 1.807) is 0 Å². The summed E-state index contributed by atoms with van der Waals surface area (Å²) in [6, 6.07) is 9.17. The Morgan fingerprint density at radius 2 is 1.32 bits per heavy atom. The molecule has 3 heteroatoms. The van der Waals surface area contributed by atoms with E-state index in [1.807, 2.05) is 13.8 Å². The van der Waals surface area contributed by atoms with E-state index in [9.17, 15) is 0 Å². The summed E-state index contributed by atoms with van der Waals surface area (Å²) in [6.45, 7) is 6.41. The van der Waals surface area contributed by atoms with E-state index < -0.39 is 0 Å². The Morgan fingerprint density at radius 3 is 1.76 bits per heavy atom. The standard InChI is InChI=1S/C22H33NO2/c1-18-12-14-21(24-18)10-6-16-23(20-8-4-3-5-9-20)17-7-11-22-15-13-19(2)25-22/h12-15,20H,3-11,16-17H2,1-2H3. The Kier molecular flexibility index (Phi) is 6.80. The van der Waals surface area contributed by atoms with Gasteiger partial charge in [-0.2, -0.15) is 0 Å². The van der Waals surface area contributed by atoms with Crippen molar-refractivity contribution in [2.24, 2.45) is 0 Å². The van der Waals surface area contributed by atoms with Gasteiger partial charge in [-0.05, 0) is 76.9 Å². The first-order valence-corrected chi connectivity index (χ1v) is 10.1. The van der Waals surface area contributed by atoms with Gasteiger partial charge < -0.3 is 13.7 Å². The zero-order valence-corrected chi connectivity index (χ0v) is 15.9. The van der Waals surface area contributed by atoms with E-state index >= 15 is 0 Å². The Hall–Kier alpha value is -1.48. The molecule has 0 saturated heterocycles. The molecule has 0 spiro atoms. The Morgan fingerprint density at radius 1 is 0.800 bits per heavy atom. The van der Waals surface area contributed by atoms with Crippen molar-refractivity contribution >= 4 is 0 Å². The summed E-state index contributed by atoms with van der Waals surface area (Å²) in [4.78, 5) is 2.74. The number of hydrogen-bond donors (Lipinski definition) is 0. The van der Waals surface area contributed by atoms with Gasteiger partial charge in [0, 0.05) is 18.9 Å². The summed E-state index contributed by atoms with van der Waals surface area (Å²) in [7, 11) is 0. The highest BCUT2D eigenvalue weighted by atomic mass is 16.3. The summed E-state index contributed by atoms with van der Waals surface area (Å²) in [5.74, 6) is 4.31. The van der Waals surface area contributed by atoms with Crippen LogP contribution in [0.2, 0.25) is 0 Å². The van der Waals surface area contributed by atoms with Gasteiger partial charge in [0.25, 0.3) is 0 Å². The fourth-order valence-corrected chi connectivity index (χ4v) is 4.07. The Bertz CT molecular complexity index is 575. The van der Waals surface area contributed by atoms with Crippen LogP contribution in [0.15, 0.2) is 33.1 Å². The van der Waals surface area contributed by atoms with Crippen LogP contribution in [0, 0.1) is 13.8 Å². The minimum absolute atomic E-state index is 0.783. The quantitative estimate of drug-likeness (QED) is 0.586. The molecule has 2 aromatic rings. The van der Waals surface area contributed by atoms with Crippen LogP contribution in [0.1, 0.15) is 68.0 Å². The molecule has 1 fully saturated rings. The van der Waals surface area contributed by atoms with Crippen molar-refractivity contribution < 1.29 is 8.83 Å². The molecular formula is C22H33NO2. The molecule has 2 aromatic heterocycles. The summed E-state index contributed by atoms with van der Waals surface area (Å²) in [5, 5.41) is 0. The minimum Gasteiger partial charge on any atom is -0.466 e. The van der Waals surface area contributed by atoms with Crippen LogP contribution in [-0.2, 0) is 12.8 Å². The van der Waals surface area contributed by atoms with Crippen LogP contribution in [0.5, 0.6) is 0 Å². The number of aryl methyl sites for hydroxylation is 4. The molecule has 3 rings (SSSR count). The summed E-state index contributed by atoms with van der Waals surface area (Å²) in [6.07, 6.45) is 11.4. The first-order valence-electron chi connectivity index (χ1n) is 10.1. The normalized spacial score (nSPS) is 16.0. The topological polar surface area (TPSA) is 29.5 Å². The van der Waals surface area contributed by atoms with E-state index in [4.69, 9.17) is 8.83 Å². The molecule has 1 saturated carbocycles. The van der Waals surface area contributed by atoms with E-state index in [-0.39, 0.29) is 0 Å². The number of furan rings is 2. The molecule has 0 aliphatic heterocycles. The van der Waals surface area contributed by atoms with Gasteiger partial charge in [0.05, 0.1) is 0 Å². The number of hydrogen-bond acceptors (Lipinski definition) is 3. The summed E-state index contributed by atoms with van der Waals surface area (Å²) in [5.41, 5.74) is 0. The smallest absolute Gasteiger partial charge is 0.104 e. The maximum Gasteiger partial charge on any atom is 0.104 e. The molecule has 0 amide bonds. The lowest BCUT2D eigenvalue weighted by Crippen LogP contribution is -2.38. The zero-order chi connectivity index (χ0) is 17.5. The van der Waals surface area contributed by atoms with Crippen LogP contribution >= 0.6 is 0 Å². The Balaban J connectivity index is 1.47. The molecule has 0 unspecified atom stereocenters. The molecule has 3 nitrogen and oxygen atoms in total. The van der Waals surface area contributed by atoms with Crippen LogP contribution in [0.4, 0.5) is 0 Å². The molecule has 138 valence electrons.